The molecule has 2 aliphatic rings. The van der Waals surface area contributed by atoms with Crippen LogP contribution in [0.1, 0.15) is 25.3 Å². The van der Waals surface area contributed by atoms with Gasteiger partial charge in [0, 0.05) is 4.75 Å². The number of thiophene rings is 1. The van der Waals surface area contributed by atoms with E-state index in [2.05, 4.69) is 5.32 Å². The Morgan fingerprint density at radius 1 is 1.30 bits per heavy atom. The Bertz CT molecular complexity index is 755. The maximum Gasteiger partial charge on any atom is 1.00 e. The van der Waals surface area contributed by atoms with Crippen molar-refractivity contribution < 1.29 is 64.4 Å². The summed E-state index contributed by atoms with van der Waals surface area (Å²) in [5, 5.41) is 23.9. The van der Waals surface area contributed by atoms with E-state index in [-0.39, 0.29) is 35.0 Å². The Hall–Kier alpha value is -1.11. The fourth-order valence-corrected chi connectivity index (χ4v) is 5.54. The van der Waals surface area contributed by atoms with E-state index in [1.807, 2.05) is 0 Å². The van der Waals surface area contributed by atoms with E-state index in [9.17, 15) is 29.4 Å². The third-order valence-electron chi connectivity index (χ3n) is 4.36. The van der Waals surface area contributed by atoms with Gasteiger partial charge in [-0.15, -0.1) is 11.8 Å². The van der Waals surface area contributed by atoms with E-state index in [1.54, 1.807) is 30.7 Å². The van der Waals surface area contributed by atoms with E-state index < -0.39 is 51.9 Å². The molecule has 2 amide bonds. The second kappa shape index (κ2) is 8.50. The summed E-state index contributed by atoms with van der Waals surface area (Å²) in [4.78, 5) is 48.9. The molecule has 2 fully saturated rings. The van der Waals surface area contributed by atoms with Crippen molar-refractivity contribution in [3.8, 4) is 0 Å². The van der Waals surface area contributed by atoms with Crippen LogP contribution in [0.4, 0.5) is 0 Å². The van der Waals surface area contributed by atoms with E-state index in [0.717, 1.165) is 0 Å². The second-order valence-electron chi connectivity index (χ2n) is 6.41. The maximum atomic E-state index is 12.4. The molecule has 5 N–H and O–H groups in total. The summed E-state index contributed by atoms with van der Waals surface area (Å²) >= 11 is 2.56. The van der Waals surface area contributed by atoms with Crippen molar-refractivity contribution in [3.63, 3.8) is 0 Å². The summed E-state index contributed by atoms with van der Waals surface area (Å²) in [5.41, 5.74) is 0.349. The van der Waals surface area contributed by atoms with Crippen LogP contribution >= 0.6 is 23.1 Å². The first-order valence-electron chi connectivity index (χ1n) is 7.43. The molecule has 1 aromatic heterocycles. The van der Waals surface area contributed by atoms with Crippen molar-refractivity contribution in [2.24, 2.45) is 0 Å². The van der Waals surface area contributed by atoms with Gasteiger partial charge in [0.2, 0.25) is 11.8 Å². The van der Waals surface area contributed by atoms with Crippen LogP contribution in [-0.2, 0) is 19.2 Å². The minimum absolute atomic E-state index is 0. The van der Waals surface area contributed by atoms with E-state index >= 15 is 0 Å². The molecule has 0 aliphatic carbocycles. The Labute approximate surface area is 185 Å². The van der Waals surface area contributed by atoms with Gasteiger partial charge >= 0.3 is 41.5 Å². The van der Waals surface area contributed by atoms with Crippen molar-refractivity contribution in [2.75, 3.05) is 0 Å². The zero-order valence-electron chi connectivity index (χ0n) is 14.8. The molecule has 0 bridgehead atoms. The monoisotopic (exact) mass is 425 g/mol. The molecule has 0 spiro atoms. The van der Waals surface area contributed by atoms with Gasteiger partial charge in [-0.25, -0.2) is 4.79 Å². The number of aliphatic carboxylic acids is 2. The van der Waals surface area contributed by atoms with Crippen LogP contribution in [0, 0.1) is 0 Å². The first kappa shape index (κ1) is 23.9. The van der Waals surface area contributed by atoms with Gasteiger partial charge in [-0.3, -0.25) is 14.4 Å². The van der Waals surface area contributed by atoms with Crippen molar-refractivity contribution in [2.45, 2.75) is 42.0 Å². The molecule has 0 saturated carbocycles. The third kappa shape index (κ3) is 4.03. The molecule has 0 aromatic carbocycles. The van der Waals surface area contributed by atoms with Gasteiger partial charge in [0.05, 0.1) is 0 Å². The van der Waals surface area contributed by atoms with Crippen molar-refractivity contribution in [3.05, 3.63) is 22.4 Å². The van der Waals surface area contributed by atoms with Gasteiger partial charge in [0.25, 0.3) is 0 Å². The molecule has 142 valence electrons. The molecule has 12 heteroatoms. The van der Waals surface area contributed by atoms with Gasteiger partial charge in [0.15, 0.2) is 5.92 Å². The number of hydrogen-bond acceptors (Lipinski definition) is 6. The number of carbonyl (C=O) groups is 4. The fraction of sp³-hybridized carbons (Fsp3) is 0.467. The topological polar surface area (TPSA) is 156 Å². The molecule has 4 atom stereocenters. The van der Waals surface area contributed by atoms with Crippen molar-refractivity contribution in [1.29, 1.82) is 0 Å². The Morgan fingerprint density at radius 2 is 1.93 bits per heavy atom. The summed E-state index contributed by atoms with van der Waals surface area (Å²) in [7, 11) is 0. The van der Waals surface area contributed by atoms with Crippen LogP contribution in [0.15, 0.2) is 16.8 Å². The molecule has 3 heterocycles. The van der Waals surface area contributed by atoms with E-state index in [1.165, 1.54) is 28.0 Å². The number of nitrogens with zero attached hydrogens (tertiary/aromatic N) is 1. The number of thioether (sulfide) groups is 1. The summed E-state index contributed by atoms with van der Waals surface area (Å²) in [6, 6.07) is -0.344. The molecule has 2 aliphatic heterocycles. The van der Waals surface area contributed by atoms with Crippen molar-refractivity contribution >= 4 is 46.9 Å². The van der Waals surface area contributed by atoms with E-state index in [4.69, 9.17) is 0 Å². The molecule has 2 saturated heterocycles. The van der Waals surface area contributed by atoms with Gasteiger partial charge < -0.3 is 25.9 Å². The van der Waals surface area contributed by atoms with Crippen LogP contribution in [-0.4, -0.2) is 66.5 Å². The summed E-state index contributed by atoms with van der Waals surface area (Å²) in [6.45, 7) is 3.46. The standard InChI is InChI=1S/C15H16N2O6S2.Na.H2O/c1-15(2)9(14(22)23)17-11(19)8(12(17)25-15)16-10(18)7(13(20)21)6-3-4-24-5-6;;/h3-5,7-9,12H,1-2H3,(H,16,18)(H,20,21)(H,22,23);;1H2/q;+1;/t7-,8-,9+,12-;;/m1../s1. The van der Waals surface area contributed by atoms with Crippen LogP contribution in [0.5, 0.6) is 0 Å². The zero-order chi connectivity index (χ0) is 18.5. The molecule has 1 aromatic rings. The molecular weight excluding hydrogens is 407 g/mol. The third-order valence-corrected chi connectivity index (χ3v) is 6.63. The van der Waals surface area contributed by atoms with Gasteiger partial charge in [-0.05, 0) is 36.2 Å². The van der Waals surface area contributed by atoms with Gasteiger partial charge in [-0.1, -0.05) is 0 Å². The number of hydrogen-bond donors (Lipinski definition) is 3. The molecule has 9 nitrogen and oxygen atoms in total. The smallest absolute Gasteiger partial charge is 0.480 e. The molecule has 27 heavy (non-hydrogen) atoms. The summed E-state index contributed by atoms with van der Waals surface area (Å²) in [5.74, 6) is -5.08. The van der Waals surface area contributed by atoms with Crippen LogP contribution in [0.25, 0.3) is 0 Å². The number of nitrogens with one attached hydrogen (secondary N) is 1. The molecule has 0 unspecified atom stereocenters. The normalized spacial score (nSPS) is 25.9. The Kier molecular flexibility index (Phi) is 7.53. The van der Waals surface area contributed by atoms with Crippen LogP contribution in [0.3, 0.4) is 0 Å². The zero-order valence-corrected chi connectivity index (χ0v) is 18.5. The SMILES string of the molecule is CC1(C)S[C@@H]2[C@H](NC(=O)[C@H](C(=O)O)c3ccsc3)C(=O)N2[C@H]1C(=O)O.O.[Na+]. The average molecular weight is 425 g/mol. The minimum Gasteiger partial charge on any atom is -0.480 e. The number of fused-ring (bicyclic) bond motifs is 1. The molecule has 3 rings (SSSR count). The van der Waals surface area contributed by atoms with E-state index in [0.29, 0.717) is 5.56 Å². The average Bonchev–Trinajstić information content (AvgIpc) is 3.09. The summed E-state index contributed by atoms with van der Waals surface area (Å²) < 4.78 is -0.703. The predicted molar refractivity (Wildman–Crippen MR) is 94.0 cm³/mol. The number of rotatable bonds is 5. The molecular formula is C15H18N2NaO7S2+. The van der Waals surface area contributed by atoms with Gasteiger partial charge in [0.1, 0.15) is 17.5 Å². The first-order valence-corrected chi connectivity index (χ1v) is 9.25. The number of carbonyl (C=O) groups excluding carboxylic acids is 2. The summed E-state index contributed by atoms with van der Waals surface area (Å²) in [6.07, 6.45) is 0. The maximum absolute atomic E-state index is 12.4. The minimum atomic E-state index is -1.40. The van der Waals surface area contributed by atoms with Crippen LogP contribution in [0.2, 0.25) is 0 Å². The number of carboxylic acids is 2. The Balaban J connectivity index is 0.00000182. The Morgan fingerprint density at radius 3 is 2.41 bits per heavy atom. The number of carboxylic acid groups (broad SMARTS) is 2. The largest absolute Gasteiger partial charge is 1.00 e. The first-order chi connectivity index (χ1) is 11.6. The quantitative estimate of drug-likeness (QED) is 0.254. The van der Waals surface area contributed by atoms with Crippen molar-refractivity contribution in [1.82, 2.24) is 10.2 Å². The van der Waals surface area contributed by atoms with Crippen LogP contribution < -0.4 is 34.9 Å². The predicted octanol–water partition coefficient (Wildman–Crippen LogP) is -3.27. The number of amides is 2. The van der Waals surface area contributed by atoms with Gasteiger partial charge in [-0.2, -0.15) is 11.3 Å². The fourth-order valence-electron chi connectivity index (χ4n) is 3.23. The molecule has 0 radical (unpaired) electrons. The number of β-lactam (4-membered cyclic amide) rings is 1. The second-order valence-corrected chi connectivity index (χ2v) is 8.96.